The molecule has 90 valence electrons. The van der Waals surface area contributed by atoms with Crippen molar-refractivity contribution in [2.75, 3.05) is 0 Å². The Kier molecular flexibility index (Phi) is 4.86. The first-order chi connectivity index (χ1) is 7.99. The largest absolute Gasteiger partial charge is 0.206 e. The lowest BCUT2D eigenvalue weighted by Gasteiger charge is -2.08. The van der Waals surface area contributed by atoms with Crippen molar-refractivity contribution in [3.8, 4) is 0 Å². The Balaban J connectivity index is 2.36. The average molecular weight is 508 g/mol. The molecule has 2 aromatic rings. The predicted octanol–water partition coefficient (Wildman–Crippen LogP) is 6.66. The molecule has 0 aliphatic carbocycles. The first kappa shape index (κ1) is 14.2. The van der Waals surface area contributed by atoms with Crippen molar-refractivity contribution in [2.24, 2.45) is 0 Å². The summed E-state index contributed by atoms with van der Waals surface area (Å²) >= 11 is 15.4. The fraction of sp³-hybridized carbons (Fsp3) is 0.0909. The fourth-order valence-corrected chi connectivity index (χ4v) is 4.51. The van der Waals surface area contributed by atoms with Gasteiger partial charge in [-0.1, -0.05) is 22.0 Å². The molecule has 0 spiro atoms. The molecule has 0 nitrogen and oxygen atoms in total. The molecule has 17 heavy (non-hydrogen) atoms. The molecule has 0 saturated heterocycles. The maximum atomic E-state index is 13.2. The van der Waals surface area contributed by atoms with E-state index in [4.69, 9.17) is 0 Å². The zero-order valence-corrected chi connectivity index (χ0v) is 15.3. The Morgan fingerprint density at radius 3 is 2.29 bits per heavy atom. The lowest BCUT2D eigenvalue weighted by atomic mass is 10.1. The molecular formula is C11H5Br4FS. The number of halogens is 5. The molecule has 6 heteroatoms. The Morgan fingerprint density at radius 2 is 1.76 bits per heavy atom. The van der Waals surface area contributed by atoms with E-state index in [1.165, 1.54) is 6.07 Å². The van der Waals surface area contributed by atoms with Gasteiger partial charge >= 0.3 is 0 Å². The summed E-state index contributed by atoms with van der Waals surface area (Å²) in [5.41, 5.74) is 1.01. The van der Waals surface area contributed by atoms with Gasteiger partial charge in [0.1, 0.15) is 5.82 Å². The second-order valence-corrected chi connectivity index (χ2v) is 8.33. The highest BCUT2D eigenvalue weighted by Gasteiger charge is 2.16. The van der Waals surface area contributed by atoms with Crippen molar-refractivity contribution in [3.05, 3.63) is 53.3 Å². The average Bonchev–Trinajstić information content (AvgIpc) is 2.62. The second-order valence-electron chi connectivity index (χ2n) is 3.31. The van der Waals surface area contributed by atoms with Crippen LogP contribution >= 0.6 is 75.1 Å². The van der Waals surface area contributed by atoms with Crippen LogP contribution in [0.25, 0.3) is 0 Å². The van der Waals surface area contributed by atoms with Gasteiger partial charge in [0.15, 0.2) is 0 Å². The second kappa shape index (κ2) is 5.82. The van der Waals surface area contributed by atoms with Gasteiger partial charge in [0.05, 0.1) is 13.1 Å². The van der Waals surface area contributed by atoms with Crippen LogP contribution in [0.4, 0.5) is 4.39 Å². The first-order valence-electron chi connectivity index (χ1n) is 4.53. The molecular weight excluding hydrogens is 503 g/mol. The molecule has 0 saturated carbocycles. The van der Waals surface area contributed by atoms with E-state index in [1.807, 2.05) is 6.07 Å². The highest BCUT2D eigenvalue weighted by Crippen LogP contribution is 2.41. The van der Waals surface area contributed by atoms with Crippen LogP contribution in [0.2, 0.25) is 0 Å². The third-order valence-corrected chi connectivity index (χ3v) is 7.40. The maximum Gasteiger partial charge on any atom is 0.137 e. The SMILES string of the molecule is Fc1ccc(C(Br)c2cc(Br)c(Br)s2)cc1Br. The Labute approximate surface area is 136 Å². The van der Waals surface area contributed by atoms with Crippen LogP contribution in [0.5, 0.6) is 0 Å². The standard InChI is InChI=1S/C11H5Br4FS/c12-6-3-5(1-2-8(6)16)10(14)9-4-7(13)11(15)17-9/h1-4,10H. The highest BCUT2D eigenvalue weighted by molar-refractivity contribution is 9.13. The van der Waals surface area contributed by atoms with Crippen molar-refractivity contribution < 1.29 is 4.39 Å². The predicted molar refractivity (Wildman–Crippen MR) is 84.6 cm³/mol. The third kappa shape index (κ3) is 3.21. The van der Waals surface area contributed by atoms with Gasteiger partial charge < -0.3 is 0 Å². The number of alkyl halides is 1. The number of hydrogen-bond acceptors (Lipinski definition) is 1. The van der Waals surface area contributed by atoms with Crippen LogP contribution in [0.1, 0.15) is 15.3 Å². The van der Waals surface area contributed by atoms with Crippen molar-refractivity contribution in [3.63, 3.8) is 0 Å². The lowest BCUT2D eigenvalue weighted by Crippen LogP contribution is -1.90. The molecule has 0 aliphatic heterocycles. The van der Waals surface area contributed by atoms with Crippen LogP contribution in [0.15, 0.2) is 37.0 Å². The van der Waals surface area contributed by atoms with E-state index in [-0.39, 0.29) is 10.6 Å². The molecule has 1 unspecified atom stereocenters. The van der Waals surface area contributed by atoms with Gasteiger partial charge in [0.25, 0.3) is 0 Å². The van der Waals surface area contributed by atoms with Crippen LogP contribution in [-0.4, -0.2) is 0 Å². The molecule has 0 aliphatic rings. The van der Waals surface area contributed by atoms with E-state index >= 15 is 0 Å². The minimum absolute atomic E-state index is 0.0620. The first-order valence-corrected chi connectivity index (χ1v) is 8.64. The monoisotopic (exact) mass is 504 g/mol. The topological polar surface area (TPSA) is 0 Å². The normalized spacial score (nSPS) is 12.8. The van der Waals surface area contributed by atoms with Crippen LogP contribution in [0, 0.1) is 5.82 Å². The molecule has 0 amide bonds. The molecule has 2 rings (SSSR count). The smallest absolute Gasteiger partial charge is 0.137 e. The lowest BCUT2D eigenvalue weighted by molar-refractivity contribution is 0.620. The summed E-state index contributed by atoms with van der Waals surface area (Å²) in [6.07, 6.45) is 0. The molecule has 1 heterocycles. The summed E-state index contributed by atoms with van der Waals surface area (Å²) in [6.45, 7) is 0. The summed E-state index contributed by atoms with van der Waals surface area (Å²) in [5, 5.41) is 0. The van der Waals surface area contributed by atoms with Crippen LogP contribution in [-0.2, 0) is 0 Å². The van der Waals surface area contributed by atoms with E-state index < -0.39 is 0 Å². The molecule has 1 aromatic heterocycles. The van der Waals surface area contributed by atoms with Crippen molar-refractivity contribution in [1.82, 2.24) is 0 Å². The third-order valence-electron chi connectivity index (χ3n) is 2.15. The highest BCUT2D eigenvalue weighted by atomic mass is 79.9. The molecule has 1 atom stereocenters. The molecule has 0 radical (unpaired) electrons. The van der Waals surface area contributed by atoms with Crippen molar-refractivity contribution >= 4 is 75.1 Å². The Hall–Kier alpha value is 0.770. The summed E-state index contributed by atoms with van der Waals surface area (Å²) in [7, 11) is 0. The number of hydrogen-bond donors (Lipinski definition) is 0. The van der Waals surface area contributed by atoms with Gasteiger partial charge in [-0.15, -0.1) is 11.3 Å². The van der Waals surface area contributed by atoms with Crippen molar-refractivity contribution in [2.45, 2.75) is 4.83 Å². The summed E-state index contributed by atoms with van der Waals surface area (Å²) in [5.74, 6) is -0.248. The number of thiophene rings is 1. The minimum atomic E-state index is -0.248. The van der Waals surface area contributed by atoms with E-state index in [1.54, 1.807) is 23.5 Å². The molecule has 0 N–H and O–H groups in total. The quantitative estimate of drug-likeness (QED) is 0.399. The number of benzene rings is 1. The van der Waals surface area contributed by atoms with E-state index in [0.29, 0.717) is 4.47 Å². The zero-order chi connectivity index (χ0) is 12.6. The van der Waals surface area contributed by atoms with Gasteiger partial charge in [-0.3, -0.25) is 0 Å². The number of rotatable bonds is 2. The Morgan fingerprint density at radius 1 is 1.06 bits per heavy atom. The zero-order valence-electron chi connectivity index (χ0n) is 8.18. The molecule has 0 fully saturated rings. The van der Waals surface area contributed by atoms with E-state index in [9.17, 15) is 4.39 Å². The summed E-state index contributed by atoms with van der Waals surface area (Å²) in [4.78, 5) is 1.22. The molecule has 0 bridgehead atoms. The van der Waals surface area contributed by atoms with E-state index in [0.717, 1.165) is 18.7 Å². The molecule has 1 aromatic carbocycles. The van der Waals surface area contributed by atoms with Gasteiger partial charge in [0, 0.05) is 9.35 Å². The van der Waals surface area contributed by atoms with Gasteiger partial charge in [-0.05, 0) is 71.6 Å². The van der Waals surface area contributed by atoms with E-state index in [2.05, 4.69) is 63.7 Å². The van der Waals surface area contributed by atoms with Gasteiger partial charge in [-0.2, -0.15) is 0 Å². The summed E-state index contributed by atoms with van der Waals surface area (Å²) in [6, 6.07) is 7.08. The minimum Gasteiger partial charge on any atom is -0.206 e. The summed E-state index contributed by atoms with van der Waals surface area (Å²) < 4.78 is 15.7. The van der Waals surface area contributed by atoms with Crippen molar-refractivity contribution in [1.29, 1.82) is 0 Å². The Bertz CT molecular complexity index is 533. The van der Waals surface area contributed by atoms with Gasteiger partial charge in [-0.25, -0.2) is 4.39 Å². The maximum absolute atomic E-state index is 13.2. The van der Waals surface area contributed by atoms with Crippen LogP contribution < -0.4 is 0 Å². The van der Waals surface area contributed by atoms with Gasteiger partial charge in [0.2, 0.25) is 0 Å². The van der Waals surface area contributed by atoms with Crippen LogP contribution in [0.3, 0.4) is 0 Å². The fourth-order valence-electron chi connectivity index (χ4n) is 1.32.